The van der Waals surface area contributed by atoms with E-state index < -0.39 is 24.1 Å². The Kier molecular flexibility index (Phi) is 20.4. The highest BCUT2D eigenvalue weighted by molar-refractivity contribution is 5.71. The van der Waals surface area contributed by atoms with Crippen LogP contribution in [-0.2, 0) is 14.3 Å². The molecule has 2 unspecified atom stereocenters. The summed E-state index contributed by atoms with van der Waals surface area (Å²) in [7, 11) is 0. The first-order chi connectivity index (χ1) is 14.5. The number of ether oxygens (including phenoxy) is 1. The Morgan fingerprint density at radius 3 is 1.57 bits per heavy atom. The molecule has 178 valence electrons. The van der Waals surface area contributed by atoms with E-state index in [9.17, 15) is 14.7 Å². The number of carbonyl (C=O) groups excluding carboxylic acids is 1. The van der Waals surface area contributed by atoms with Crippen LogP contribution in [0.1, 0.15) is 136 Å². The number of carboxylic acid groups (broad SMARTS) is 1. The lowest BCUT2D eigenvalue weighted by molar-refractivity contribution is -0.155. The molecule has 0 aromatic carbocycles. The van der Waals surface area contributed by atoms with E-state index in [1.807, 2.05) is 0 Å². The predicted molar refractivity (Wildman–Crippen MR) is 123 cm³/mol. The minimum Gasteiger partial charge on any atom is -0.481 e. The molecule has 0 heterocycles. The van der Waals surface area contributed by atoms with Crippen molar-refractivity contribution in [1.29, 1.82) is 0 Å². The monoisotopic (exact) mass is 428 g/mol. The summed E-state index contributed by atoms with van der Waals surface area (Å²) in [5, 5.41) is 19.1. The highest BCUT2D eigenvalue weighted by atomic mass is 16.5. The molecule has 5 nitrogen and oxygen atoms in total. The maximum Gasteiger partial charge on any atom is 0.308 e. The van der Waals surface area contributed by atoms with Gasteiger partial charge >= 0.3 is 11.9 Å². The summed E-state index contributed by atoms with van der Waals surface area (Å²) in [4.78, 5) is 23.2. The summed E-state index contributed by atoms with van der Waals surface area (Å²) in [6, 6.07) is 0. The topological polar surface area (TPSA) is 83.8 Å². The van der Waals surface area contributed by atoms with E-state index in [1.54, 1.807) is 0 Å². The zero-order valence-corrected chi connectivity index (χ0v) is 19.7. The van der Waals surface area contributed by atoms with Crippen molar-refractivity contribution < 1.29 is 24.5 Å². The quantitative estimate of drug-likeness (QED) is 0.146. The van der Waals surface area contributed by atoms with Crippen LogP contribution in [0.3, 0.4) is 0 Å². The van der Waals surface area contributed by atoms with Crippen LogP contribution in [0.4, 0.5) is 0 Å². The van der Waals surface area contributed by atoms with Gasteiger partial charge in [-0.3, -0.25) is 9.59 Å². The van der Waals surface area contributed by atoms with Gasteiger partial charge in [0.05, 0.1) is 18.9 Å². The minimum atomic E-state index is -0.948. The van der Waals surface area contributed by atoms with Crippen LogP contribution in [0.5, 0.6) is 0 Å². The van der Waals surface area contributed by atoms with E-state index in [4.69, 9.17) is 9.84 Å². The first-order valence-electron chi connectivity index (χ1n) is 12.6. The second kappa shape index (κ2) is 21.1. The molecule has 0 radical (unpaired) electrons. The number of unbranched alkanes of at least 4 members (excludes halogenated alkanes) is 13. The molecule has 0 bridgehead atoms. The molecule has 0 fully saturated rings. The van der Waals surface area contributed by atoms with Crippen molar-refractivity contribution in [3.05, 3.63) is 0 Å². The molecule has 0 aliphatic carbocycles. The Morgan fingerprint density at radius 2 is 1.10 bits per heavy atom. The second-order valence-electron chi connectivity index (χ2n) is 8.74. The Hall–Kier alpha value is -1.10. The normalized spacial score (nSPS) is 13.2. The Bertz CT molecular complexity index is 410. The van der Waals surface area contributed by atoms with E-state index in [2.05, 4.69) is 13.8 Å². The third-order valence-corrected chi connectivity index (χ3v) is 5.62. The molecule has 0 aliphatic rings. The van der Waals surface area contributed by atoms with Crippen LogP contribution < -0.4 is 0 Å². The van der Waals surface area contributed by atoms with Crippen molar-refractivity contribution in [2.45, 2.75) is 148 Å². The maximum absolute atomic E-state index is 12.1. The molecule has 2 atom stereocenters. The first kappa shape index (κ1) is 28.9. The van der Waals surface area contributed by atoms with E-state index in [0.29, 0.717) is 12.8 Å². The van der Waals surface area contributed by atoms with Crippen LogP contribution in [-0.4, -0.2) is 34.4 Å². The highest BCUT2D eigenvalue weighted by Gasteiger charge is 2.20. The smallest absolute Gasteiger partial charge is 0.308 e. The Morgan fingerprint density at radius 1 is 0.667 bits per heavy atom. The standard InChI is InChI=1S/C25H48O5/c1-3-5-7-9-11-12-13-15-17-19-23(21-24(27)28)30-25(29)20-22(26)18-16-14-10-8-6-4-2/h22-23,26H,3-21H2,1-2H3,(H,27,28). The molecule has 5 heteroatoms. The Balaban J connectivity index is 3.94. The lowest BCUT2D eigenvalue weighted by atomic mass is 10.0. The number of carbonyl (C=O) groups is 2. The predicted octanol–water partition coefficient (Wildman–Crippen LogP) is 6.80. The van der Waals surface area contributed by atoms with Crippen molar-refractivity contribution in [2.75, 3.05) is 0 Å². The van der Waals surface area contributed by atoms with Crippen molar-refractivity contribution in [1.82, 2.24) is 0 Å². The van der Waals surface area contributed by atoms with Crippen molar-refractivity contribution in [3.63, 3.8) is 0 Å². The molecular formula is C25H48O5. The molecule has 0 saturated carbocycles. The van der Waals surface area contributed by atoms with E-state index in [-0.39, 0.29) is 12.8 Å². The fraction of sp³-hybridized carbons (Fsp3) is 0.920. The van der Waals surface area contributed by atoms with Gasteiger partial charge in [0.2, 0.25) is 0 Å². The maximum atomic E-state index is 12.1. The number of aliphatic hydroxyl groups is 1. The fourth-order valence-corrected chi connectivity index (χ4v) is 3.77. The molecule has 0 amide bonds. The molecule has 2 N–H and O–H groups in total. The van der Waals surface area contributed by atoms with Gasteiger partial charge in [-0.1, -0.05) is 104 Å². The van der Waals surface area contributed by atoms with E-state index in [1.165, 1.54) is 64.2 Å². The fourth-order valence-electron chi connectivity index (χ4n) is 3.77. The number of hydrogen-bond donors (Lipinski definition) is 2. The van der Waals surface area contributed by atoms with Gasteiger partial charge in [-0.05, 0) is 19.3 Å². The molecule has 30 heavy (non-hydrogen) atoms. The number of carboxylic acids is 1. The molecule has 0 rings (SSSR count). The molecule has 0 aliphatic heterocycles. The molecule has 0 aromatic rings. The summed E-state index contributed by atoms with van der Waals surface area (Å²) in [5.74, 6) is -1.42. The summed E-state index contributed by atoms with van der Waals surface area (Å²) in [6.45, 7) is 4.40. The lowest BCUT2D eigenvalue weighted by Gasteiger charge is -2.17. The largest absolute Gasteiger partial charge is 0.481 e. The van der Waals surface area contributed by atoms with Crippen LogP contribution in [0.15, 0.2) is 0 Å². The molecule has 0 saturated heterocycles. The first-order valence-corrected chi connectivity index (χ1v) is 12.6. The van der Waals surface area contributed by atoms with Crippen molar-refractivity contribution >= 4 is 11.9 Å². The number of hydrogen-bond acceptors (Lipinski definition) is 4. The van der Waals surface area contributed by atoms with E-state index in [0.717, 1.165) is 32.1 Å². The third kappa shape index (κ3) is 20.2. The van der Waals surface area contributed by atoms with Gasteiger partial charge < -0.3 is 14.9 Å². The number of aliphatic carboxylic acids is 1. The SMILES string of the molecule is CCCCCCCCCCCC(CC(=O)O)OC(=O)CC(O)CCCCCCCC. The minimum absolute atomic E-state index is 0.0389. The van der Waals surface area contributed by atoms with Gasteiger partial charge in [0.1, 0.15) is 6.10 Å². The number of rotatable bonds is 22. The average Bonchev–Trinajstić information content (AvgIpc) is 2.68. The van der Waals surface area contributed by atoms with Gasteiger partial charge in [0, 0.05) is 0 Å². The summed E-state index contributed by atoms with van der Waals surface area (Å²) in [6.07, 6.45) is 17.3. The molecule has 0 spiro atoms. The zero-order chi connectivity index (χ0) is 22.5. The zero-order valence-electron chi connectivity index (χ0n) is 19.7. The molecular weight excluding hydrogens is 380 g/mol. The van der Waals surface area contributed by atoms with Crippen molar-refractivity contribution in [2.24, 2.45) is 0 Å². The van der Waals surface area contributed by atoms with Gasteiger partial charge in [-0.25, -0.2) is 0 Å². The second-order valence-corrected chi connectivity index (χ2v) is 8.74. The van der Waals surface area contributed by atoms with Gasteiger partial charge in [0.15, 0.2) is 0 Å². The summed E-state index contributed by atoms with van der Waals surface area (Å²) >= 11 is 0. The summed E-state index contributed by atoms with van der Waals surface area (Å²) in [5.41, 5.74) is 0. The van der Waals surface area contributed by atoms with Gasteiger partial charge in [0.25, 0.3) is 0 Å². The van der Waals surface area contributed by atoms with Gasteiger partial charge in [-0.2, -0.15) is 0 Å². The third-order valence-electron chi connectivity index (χ3n) is 5.62. The lowest BCUT2D eigenvalue weighted by Crippen LogP contribution is -2.24. The van der Waals surface area contributed by atoms with Crippen LogP contribution in [0.25, 0.3) is 0 Å². The van der Waals surface area contributed by atoms with E-state index >= 15 is 0 Å². The van der Waals surface area contributed by atoms with Crippen LogP contribution in [0.2, 0.25) is 0 Å². The van der Waals surface area contributed by atoms with Crippen LogP contribution >= 0.6 is 0 Å². The summed E-state index contributed by atoms with van der Waals surface area (Å²) < 4.78 is 5.38. The average molecular weight is 429 g/mol. The number of aliphatic hydroxyl groups excluding tert-OH is 1. The van der Waals surface area contributed by atoms with Gasteiger partial charge in [-0.15, -0.1) is 0 Å². The Labute approximate surface area is 185 Å². The molecule has 0 aromatic heterocycles. The van der Waals surface area contributed by atoms with Crippen LogP contribution in [0, 0.1) is 0 Å². The van der Waals surface area contributed by atoms with Crippen molar-refractivity contribution in [3.8, 4) is 0 Å². The number of esters is 1. The highest BCUT2D eigenvalue weighted by Crippen LogP contribution is 2.16.